The molecule has 1 aliphatic rings. The van der Waals surface area contributed by atoms with E-state index in [1.54, 1.807) is 31.8 Å². The van der Waals surface area contributed by atoms with Crippen molar-refractivity contribution in [3.8, 4) is 0 Å². The number of amides is 3. The summed E-state index contributed by atoms with van der Waals surface area (Å²) in [5.41, 5.74) is 3.70. The number of anilines is 1. The maximum absolute atomic E-state index is 12.8. The van der Waals surface area contributed by atoms with E-state index in [1.807, 2.05) is 23.1 Å². The molecule has 184 valence electrons. The molecule has 2 N–H and O–H groups in total. The molecule has 0 spiro atoms. The number of aromatic nitrogens is 5. The summed E-state index contributed by atoms with van der Waals surface area (Å²) in [6.07, 6.45) is 5.14. The zero-order valence-electron chi connectivity index (χ0n) is 20.0. The lowest BCUT2D eigenvalue weighted by Gasteiger charge is -2.28. The van der Waals surface area contributed by atoms with Crippen LogP contribution in [0.3, 0.4) is 0 Å². The van der Waals surface area contributed by atoms with Gasteiger partial charge in [0, 0.05) is 32.7 Å². The van der Waals surface area contributed by atoms with Gasteiger partial charge in [0.15, 0.2) is 5.65 Å². The van der Waals surface area contributed by atoms with Crippen LogP contribution in [0.25, 0.3) is 11.0 Å². The fourth-order valence-corrected chi connectivity index (χ4v) is 4.97. The molecule has 1 atom stereocenters. The van der Waals surface area contributed by atoms with Crippen LogP contribution in [0.4, 0.5) is 5.69 Å². The second kappa shape index (κ2) is 9.46. The summed E-state index contributed by atoms with van der Waals surface area (Å²) >= 11 is 1.21. The Morgan fingerprint density at radius 1 is 1.08 bits per heavy atom. The Balaban J connectivity index is 1.24. The summed E-state index contributed by atoms with van der Waals surface area (Å²) in [7, 11) is 1.74. The highest BCUT2D eigenvalue weighted by molar-refractivity contribution is 7.13. The lowest BCUT2D eigenvalue weighted by molar-refractivity contribution is -0.129. The van der Waals surface area contributed by atoms with Crippen LogP contribution in [0.15, 0.2) is 36.9 Å². The quantitative estimate of drug-likeness (QED) is 0.426. The molecular weight excluding hydrogens is 480 g/mol. The summed E-state index contributed by atoms with van der Waals surface area (Å²) in [6, 6.07) is 5.31. The number of hydrogen-bond acceptors (Lipinski definition) is 8. The zero-order valence-corrected chi connectivity index (χ0v) is 20.8. The van der Waals surface area contributed by atoms with Gasteiger partial charge in [-0.05, 0) is 36.6 Å². The van der Waals surface area contributed by atoms with Crippen molar-refractivity contribution in [2.24, 2.45) is 7.05 Å². The van der Waals surface area contributed by atoms with Crippen molar-refractivity contribution in [2.75, 3.05) is 11.9 Å². The Kier molecular flexibility index (Phi) is 6.18. The van der Waals surface area contributed by atoms with Crippen molar-refractivity contribution < 1.29 is 14.4 Å². The van der Waals surface area contributed by atoms with E-state index >= 15 is 0 Å². The van der Waals surface area contributed by atoms with Gasteiger partial charge in [-0.15, -0.1) is 11.3 Å². The highest BCUT2D eigenvalue weighted by Crippen LogP contribution is 2.25. The number of aryl methyl sites for hydroxylation is 1. The maximum Gasteiger partial charge on any atom is 0.271 e. The molecule has 36 heavy (non-hydrogen) atoms. The Bertz CT molecular complexity index is 1490. The fraction of sp³-hybridized carbons (Fsp3) is 0.292. The fourth-order valence-electron chi connectivity index (χ4n) is 4.15. The Labute approximate surface area is 210 Å². The van der Waals surface area contributed by atoms with E-state index in [1.165, 1.54) is 23.9 Å². The van der Waals surface area contributed by atoms with Gasteiger partial charge in [0.1, 0.15) is 21.9 Å². The highest BCUT2D eigenvalue weighted by Gasteiger charge is 2.22. The topological polar surface area (TPSA) is 135 Å². The molecule has 0 saturated carbocycles. The van der Waals surface area contributed by atoms with Crippen LogP contribution in [0.1, 0.15) is 56.2 Å². The van der Waals surface area contributed by atoms with Crippen LogP contribution in [-0.2, 0) is 24.8 Å². The van der Waals surface area contributed by atoms with E-state index in [-0.39, 0.29) is 23.4 Å². The monoisotopic (exact) mass is 504 g/mol. The standard InChI is InChI=1S/C24H24N8O3S/c1-13(29-23(35)20-18-9-28-31(3)21(18)27-12-26-20)24-25-10-19(36-24)22(34)30-17-5-4-16-11-32(14(2)33)7-6-15(16)8-17/h4-5,8-10,12-13H,6-7,11H2,1-3H3,(H,29,35)(H,30,34). The van der Waals surface area contributed by atoms with Gasteiger partial charge in [0.05, 0.1) is 23.8 Å². The van der Waals surface area contributed by atoms with Crippen LogP contribution >= 0.6 is 11.3 Å². The molecule has 0 saturated heterocycles. The number of fused-ring (bicyclic) bond motifs is 2. The summed E-state index contributed by atoms with van der Waals surface area (Å²) < 4.78 is 1.58. The minimum Gasteiger partial charge on any atom is -0.342 e. The molecule has 1 aliphatic heterocycles. The number of nitrogens with one attached hydrogen (secondary N) is 2. The van der Waals surface area contributed by atoms with Gasteiger partial charge in [-0.25, -0.2) is 15.0 Å². The Hall–Kier alpha value is -4.19. The number of hydrogen-bond donors (Lipinski definition) is 2. The summed E-state index contributed by atoms with van der Waals surface area (Å²) in [5, 5.41) is 11.1. The van der Waals surface area contributed by atoms with Crippen LogP contribution in [0.2, 0.25) is 0 Å². The predicted octanol–water partition coefficient (Wildman–Crippen LogP) is 2.47. The zero-order chi connectivity index (χ0) is 25.4. The number of benzene rings is 1. The molecule has 1 unspecified atom stereocenters. The number of thiazole rings is 1. The number of carbonyl (C=O) groups excluding carboxylic acids is 3. The van der Waals surface area contributed by atoms with Crippen LogP contribution in [-0.4, -0.2) is 53.9 Å². The Morgan fingerprint density at radius 3 is 2.72 bits per heavy atom. The minimum absolute atomic E-state index is 0.0619. The molecule has 3 amide bonds. The minimum atomic E-state index is -0.432. The molecule has 0 bridgehead atoms. The van der Waals surface area contributed by atoms with E-state index in [0.29, 0.717) is 39.7 Å². The van der Waals surface area contributed by atoms with E-state index in [9.17, 15) is 14.4 Å². The third-order valence-corrected chi connectivity index (χ3v) is 7.31. The second-order valence-electron chi connectivity index (χ2n) is 8.61. The predicted molar refractivity (Wildman–Crippen MR) is 133 cm³/mol. The molecule has 4 heterocycles. The molecule has 5 rings (SSSR count). The van der Waals surface area contributed by atoms with E-state index in [0.717, 1.165) is 17.5 Å². The molecule has 3 aromatic heterocycles. The van der Waals surface area contributed by atoms with Crippen LogP contribution in [0.5, 0.6) is 0 Å². The lowest BCUT2D eigenvalue weighted by Crippen LogP contribution is -2.34. The largest absolute Gasteiger partial charge is 0.342 e. The average Bonchev–Trinajstić information content (AvgIpc) is 3.51. The molecule has 1 aromatic carbocycles. The molecular formula is C24H24N8O3S. The first-order valence-electron chi connectivity index (χ1n) is 11.4. The van der Waals surface area contributed by atoms with Gasteiger partial charge in [-0.3, -0.25) is 19.1 Å². The first-order chi connectivity index (χ1) is 17.3. The van der Waals surface area contributed by atoms with Crippen LogP contribution < -0.4 is 10.6 Å². The third kappa shape index (κ3) is 4.54. The molecule has 4 aromatic rings. The normalized spacial score (nSPS) is 13.8. The smallest absolute Gasteiger partial charge is 0.271 e. The van der Waals surface area contributed by atoms with Gasteiger partial charge >= 0.3 is 0 Å². The number of rotatable bonds is 5. The average molecular weight is 505 g/mol. The van der Waals surface area contributed by atoms with Crippen molar-refractivity contribution in [1.82, 2.24) is 34.9 Å². The van der Waals surface area contributed by atoms with Gasteiger partial charge < -0.3 is 15.5 Å². The van der Waals surface area contributed by atoms with E-state index < -0.39 is 6.04 Å². The highest BCUT2D eigenvalue weighted by atomic mass is 32.1. The van der Waals surface area contributed by atoms with Crippen molar-refractivity contribution in [1.29, 1.82) is 0 Å². The third-order valence-electron chi connectivity index (χ3n) is 6.13. The Morgan fingerprint density at radius 2 is 1.92 bits per heavy atom. The second-order valence-corrected chi connectivity index (χ2v) is 9.68. The summed E-state index contributed by atoms with van der Waals surface area (Å²) in [5.74, 6) is -0.584. The van der Waals surface area contributed by atoms with E-state index in [4.69, 9.17) is 0 Å². The summed E-state index contributed by atoms with van der Waals surface area (Å²) in [4.78, 5) is 52.2. The number of carbonyl (C=O) groups is 3. The van der Waals surface area contributed by atoms with Crippen molar-refractivity contribution >= 4 is 45.8 Å². The molecule has 11 nitrogen and oxygen atoms in total. The van der Waals surface area contributed by atoms with Crippen molar-refractivity contribution in [2.45, 2.75) is 32.9 Å². The van der Waals surface area contributed by atoms with Crippen molar-refractivity contribution in [3.63, 3.8) is 0 Å². The first kappa shape index (κ1) is 23.5. The maximum atomic E-state index is 12.8. The van der Waals surface area contributed by atoms with E-state index in [2.05, 4.69) is 30.7 Å². The van der Waals surface area contributed by atoms with Crippen molar-refractivity contribution in [3.05, 3.63) is 63.6 Å². The van der Waals surface area contributed by atoms with Gasteiger partial charge in [-0.2, -0.15) is 5.10 Å². The van der Waals surface area contributed by atoms with Gasteiger partial charge in [0.25, 0.3) is 11.8 Å². The first-order valence-corrected chi connectivity index (χ1v) is 12.2. The molecule has 0 radical (unpaired) electrons. The molecule has 0 aliphatic carbocycles. The van der Waals surface area contributed by atoms with Gasteiger partial charge in [-0.1, -0.05) is 6.07 Å². The van der Waals surface area contributed by atoms with Gasteiger partial charge in [0.2, 0.25) is 5.91 Å². The molecule has 0 fully saturated rings. The van der Waals surface area contributed by atoms with Crippen LogP contribution in [0, 0.1) is 0 Å². The lowest BCUT2D eigenvalue weighted by atomic mass is 9.99. The number of nitrogens with zero attached hydrogens (tertiary/aromatic N) is 6. The SMILES string of the molecule is CC(=O)N1CCc2cc(NC(=O)c3cnc(C(C)NC(=O)c4ncnc5c4cnn5C)s3)ccc2C1. The summed E-state index contributed by atoms with van der Waals surface area (Å²) in [6.45, 7) is 4.63. The molecule has 12 heteroatoms.